The Morgan fingerprint density at radius 1 is 1.19 bits per heavy atom. The largest absolute Gasteiger partial charge is 0.479 e. The molecule has 0 radical (unpaired) electrons. The Morgan fingerprint density at radius 2 is 1.74 bits per heavy atom. The van der Waals surface area contributed by atoms with Gasteiger partial charge in [0.2, 0.25) is 11.8 Å². The van der Waals surface area contributed by atoms with Gasteiger partial charge in [-0.1, -0.05) is 6.07 Å². The monoisotopic (exact) mass is 439 g/mol. The zero-order valence-corrected chi connectivity index (χ0v) is 17.6. The Bertz CT molecular complexity index is 787. The third-order valence-corrected chi connectivity index (χ3v) is 5.19. The summed E-state index contributed by atoms with van der Waals surface area (Å²) in [7, 11) is 0. The highest BCUT2D eigenvalue weighted by Gasteiger charge is 2.57. The maximum absolute atomic E-state index is 12.3. The standard InChI is InChI=1S/C16H23N3O2.C4H6O6/c1-10-5-4-6-18-15(10)21-9-16(2,3)19-14(20)13-11-7-17-8-12(11)13;5-1(3(7)8)2(6)4(9)10/h4-6,11-13,17H,7-9H2,1-3H3,(H,19,20);1-2,5-6H,(H,7,8)(H,9,10)/t11-,12+,13?;1-,2-/m.1/s1. The molecule has 11 nitrogen and oxygen atoms in total. The van der Waals surface area contributed by atoms with Gasteiger partial charge in [0.05, 0.1) is 5.54 Å². The number of rotatable bonds is 8. The molecule has 0 bridgehead atoms. The van der Waals surface area contributed by atoms with Crippen molar-refractivity contribution in [3.05, 3.63) is 23.9 Å². The van der Waals surface area contributed by atoms with Crippen LogP contribution in [0.5, 0.6) is 5.88 Å². The number of pyridine rings is 1. The van der Waals surface area contributed by atoms with Crippen molar-refractivity contribution in [3.8, 4) is 5.88 Å². The fraction of sp³-hybridized carbons (Fsp3) is 0.600. The smallest absolute Gasteiger partial charge is 0.335 e. The average Bonchev–Trinajstić information content (AvgIpc) is 3.19. The lowest BCUT2D eigenvalue weighted by atomic mass is 10.1. The molecule has 1 unspecified atom stereocenters. The molecule has 2 fully saturated rings. The number of aliphatic carboxylic acids is 2. The van der Waals surface area contributed by atoms with Crippen LogP contribution in [0, 0.1) is 24.7 Å². The van der Waals surface area contributed by atoms with Crippen molar-refractivity contribution < 1.29 is 39.5 Å². The number of fused-ring (bicyclic) bond motifs is 1. The van der Waals surface area contributed by atoms with E-state index < -0.39 is 29.7 Å². The van der Waals surface area contributed by atoms with Crippen molar-refractivity contribution in [3.63, 3.8) is 0 Å². The number of hydrogen-bond acceptors (Lipinski definition) is 8. The molecule has 11 heteroatoms. The minimum Gasteiger partial charge on any atom is -0.479 e. The number of ether oxygens (including phenoxy) is 1. The van der Waals surface area contributed by atoms with Gasteiger partial charge in [-0.05, 0) is 51.8 Å². The van der Waals surface area contributed by atoms with Crippen LogP contribution in [0.2, 0.25) is 0 Å². The van der Waals surface area contributed by atoms with E-state index in [0.29, 0.717) is 24.3 Å². The fourth-order valence-electron chi connectivity index (χ4n) is 3.40. The number of nitrogens with zero attached hydrogens (tertiary/aromatic N) is 1. The van der Waals surface area contributed by atoms with E-state index >= 15 is 0 Å². The van der Waals surface area contributed by atoms with Gasteiger partial charge in [0.1, 0.15) is 6.61 Å². The van der Waals surface area contributed by atoms with Crippen LogP contribution in [0.3, 0.4) is 0 Å². The third-order valence-electron chi connectivity index (χ3n) is 5.19. The molecule has 5 atom stereocenters. The van der Waals surface area contributed by atoms with E-state index in [2.05, 4.69) is 15.6 Å². The highest BCUT2D eigenvalue weighted by Crippen LogP contribution is 2.48. The van der Waals surface area contributed by atoms with Gasteiger partial charge in [0.25, 0.3) is 0 Å². The quantitative estimate of drug-likeness (QED) is 0.294. The highest BCUT2D eigenvalue weighted by molar-refractivity contribution is 5.83. The van der Waals surface area contributed by atoms with Crippen LogP contribution in [0.4, 0.5) is 0 Å². The molecule has 1 aromatic rings. The van der Waals surface area contributed by atoms with Gasteiger partial charge in [0, 0.05) is 17.7 Å². The molecular weight excluding hydrogens is 410 g/mol. The average molecular weight is 439 g/mol. The van der Waals surface area contributed by atoms with Crippen molar-refractivity contribution in [2.24, 2.45) is 17.8 Å². The molecule has 1 saturated heterocycles. The number of nitrogens with one attached hydrogen (secondary N) is 2. The zero-order valence-electron chi connectivity index (χ0n) is 17.6. The number of aliphatic hydroxyl groups excluding tert-OH is 2. The summed E-state index contributed by atoms with van der Waals surface area (Å²) < 4.78 is 5.76. The molecule has 2 aliphatic rings. The minimum atomic E-state index is -2.27. The van der Waals surface area contributed by atoms with Crippen LogP contribution in [0.25, 0.3) is 0 Å². The Hall–Kier alpha value is -2.76. The summed E-state index contributed by atoms with van der Waals surface area (Å²) in [5, 5.41) is 39.0. The molecule has 1 aliphatic heterocycles. The van der Waals surface area contributed by atoms with E-state index in [4.69, 9.17) is 25.2 Å². The second-order valence-electron chi connectivity index (χ2n) is 8.37. The van der Waals surface area contributed by atoms with E-state index in [0.717, 1.165) is 18.7 Å². The van der Waals surface area contributed by atoms with Crippen LogP contribution in [-0.2, 0) is 14.4 Å². The summed E-state index contributed by atoms with van der Waals surface area (Å²) in [5.74, 6) is -1.46. The Labute approximate surface area is 179 Å². The first-order valence-electron chi connectivity index (χ1n) is 9.83. The van der Waals surface area contributed by atoms with Crippen LogP contribution in [-0.4, -0.2) is 80.7 Å². The fourth-order valence-corrected chi connectivity index (χ4v) is 3.40. The third kappa shape index (κ3) is 6.61. The molecule has 1 aliphatic carbocycles. The Morgan fingerprint density at radius 3 is 2.23 bits per heavy atom. The summed E-state index contributed by atoms with van der Waals surface area (Å²) >= 11 is 0. The number of carboxylic acids is 2. The lowest BCUT2D eigenvalue weighted by Gasteiger charge is -2.26. The second-order valence-corrected chi connectivity index (χ2v) is 8.37. The lowest BCUT2D eigenvalue weighted by Crippen LogP contribution is -2.49. The SMILES string of the molecule is Cc1cccnc1OCC(C)(C)NC(=O)C1[C@H]2CNC[C@@H]12.O=C(O)[C@H](O)[C@@H](O)C(=O)O. The molecule has 3 rings (SSSR count). The number of piperidine rings is 1. The van der Waals surface area contributed by atoms with E-state index in [1.165, 1.54) is 0 Å². The number of carbonyl (C=O) groups excluding carboxylic acids is 1. The molecule has 0 spiro atoms. The Balaban J connectivity index is 0.000000291. The highest BCUT2D eigenvalue weighted by atomic mass is 16.5. The molecule has 1 amide bonds. The maximum Gasteiger partial charge on any atom is 0.335 e. The number of aryl methyl sites for hydroxylation is 1. The van der Waals surface area contributed by atoms with Gasteiger partial charge in [-0.25, -0.2) is 14.6 Å². The van der Waals surface area contributed by atoms with Crippen molar-refractivity contribution in [1.82, 2.24) is 15.6 Å². The lowest BCUT2D eigenvalue weighted by molar-refractivity contribution is -0.165. The molecule has 1 aromatic heterocycles. The first-order valence-corrected chi connectivity index (χ1v) is 9.83. The van der Waals surface area contributed by atoms with Crippen molar-refractivity contribution in [2.75, 3.05) is 19.7 Å². The van der Waals surface area contributed by atoms with E-state index in [1.54, 1.807) is 6.20 Å². The number of amides is 1. The molecule has 0 aromatic carbocycles. The predicted molar refractivity (Wildman–Crippen MR) is 107 cm³/mol. The molecule has 31 heavy (non-hydrogen) atoms. The van der Waals surface area contributed by atoms with Crippen LogP contribution < -0.4 is 15.4 Å². The summed E-state index contributed by atoms with van der Waals surface area (Å²) in [6, 6.07) is 3.85. The second kappa shape index (κ2) is 10.0. The van der Waals surface area contributed by atoms with Gasteiger partial charge >= 0.3 is 11.9 Å². The Kier molecular flexibility index (Phi) is 7.93. The van der Waals surface area contributed by atoms with Gasteiger partial charge < -0.3 is 35.8 Å². The first-order chi connectivity index (χ1) is 14.4. The predicted octanol–water partition coefficient (Wildman–Crippen LogP) is -0.994. The van der Waals surface area contributed by atoms with Crippen molar-refractivity contribution >= 4 is 17.8 Å². The molecule has 172 valence electrons. The summed E-state index contributed by atoms with van der Waals surface area (Å²) in [5.41, 5.74) is 0.605. The zero-order chi connectivity index (χ0) is 23.3. The topological polar surface area (TPSA) is 178 Å². The van der Waals surface area contributed by atoms with Crippen LogP contribution in [0.1, 0.15) is 19.4 Å². The maximum atomic E-state index is 12.3. The molecule has 2 heterocycles. The van der Waals surface area contributed by atoms with E-state index in [9.17, 15) is 14.4 Å². The number of carboxylic acid groups (broad SMARTS) is 2. The number of carbonyl (C=O) groups is 3. The summed E-state index contributed by atoms with van der Waals surface area (Å²) in [4.78, 5) is 36.1. The van der Waals surface area contributed by atoms with Gasteiger partial charge in [-0.2, -0.15) is 0 Å². The van der Waals surface area contributed by atoms with Crippen LogP contribution in [0.15, 0.2) is 18.3 Å². The number of hydrogen-bond donors (Lipinski definition) is 6. The summed E-state index contributed by atoms with van der Waals surface area (Å²) in [6.07, 6.45) is -2.82. The van der Waals surface area contributed by atoms with E-state index in [-0.39, 0.29) is 11.8 Å². The molecular formula is C20H29N3O8. The number of aliphatic hydroxyl groups is 2. The van der Waals surface area contributed by atoms with Gasteiger partial charge in [-0.3, -0.25) is 4.79 Å². The normalized spacial score (nSPS) is 23.5. The van der Waals surface area contributed by atoms with Crippen molar-refractivity contribution in [2.45, 2.75) is 38.5 Å². The molecule has 6 N–H and O–H groups in total. The van der Waals surface area contributed by atoms with Gasteiger partial charge in [0.15, 0.2) is 12.2 Å². The number of aromatic nitrogens is 1. The van der Waals surface area contributed by atoms with Crippen LogP contribution >= 0.6 is 0 Å². The summed E-state index contributed by atoms with van der Waals surface area (Å²) in [6.45, 7) is 8.31. The van der Waals surface area contributed by atoms with E-state index in [1.807, 2.05) is 32.9 Å². The molecule has 1 saturated carbocycles. The van der Waals surface area contributed by atoms with Crippen molar-refractivity contribution in [1.29, 1.82) is 0 Å². The first kappa shape index (κ1) is 24.5. The minimum absolute atomic E-state index is 0.165. The van der Waals surface area contributed by atoms with Gasteiger partial charge in [-0.15, -0.1) is 0 Å².